The number of hydrogen-bond donors (Lipinski definition) is 1. The van der Waals surface area contributed by atoms with E-state index >= 15 is 0 Å². The first-order valence-corrected chi connectivity index (χ1v) is 11.1. The van der Waals surface area contributed by atoms with Crippen LogP contribution in [-0.4, -0.2) is 12.5 Å². The first-order chi connectivity index (χ1) is 13.7. The number of benzene rings is 2. The monoisotopic (exact) mass is 373 g/mol. The van der Waals surface area contributed by atoms with Crippen LogP contribution < -0.4 is 5.32 Å². The van der Waals surface area contributed by atoms with Crippen molar-refractivity contribution in [1.82, 2.24) is 5.32 Å². The lowest BCUT2D eigenvalue weighted by Gasteiger charge is -2.57. The SMILES string of the molecule is O=C(NCCC12CC3CC(CC(C3)C1)C2)C(c1ccccc1)c1ccccc1. The Morgan fingerprint density at radius 2 is 1.29 bits per heavy atom. The minimum absolute atomic E-state index is 0.141. The largest absolute Gasteiger partial charge is 0.355 e. The minimum Gasteiger partial charge on any atom is -0.355 e. The standard InChI is InChI=1S/C26H31NO/c28-25(24(22-7-3-1-4-8-22)23-9-5-2-6-10-23)27-12-11-26-16-19-13-20(17-26)15-21(14-19)18-26/h1-10,19-21,24H,11-18H2,(H,27,28). The van der Waals surface area contributed by atoms with Crippen LogP contribution >= 0.6 is 0 Å². The van der Waals surface area contributed by atoms with E-state index in [1.807, 2.05) is 36.4 Å². The molecule has 0 aliphatic heterocycles. The van der Waals surface area contributed by atoms with Gasteiger partial charge in [-0.05, 0) is 79.2 Å². The van der Waals surface area contributed by atoms with Crippen LogP contribution in [0.3, 0.4) is 0 Å². The molecular weight excluding hydrogens is 342 g/mol. The maximum atomic E-state index is 13.2. The zero-order valence-electron chi connectivity index (χ0n) is 16.6. The normalized spacial score (nSPS) is 30.5. The second-order valence-corrected chi connectivity index (χ2v) is 9.71. The van der Waals surface area contributed by atoms with Crippen LogP contribution in [0.25, 0.3) is 0 Å². The van der Waals surface area contributed by atoms with E-state index in [1.165, 1.54) is 44.9 Å². The van der Waals surface area contributed by atoms with Crippen LogP contribution in [0.5, 0.6) is 0 Å². The highest BCUT2D eigenvalue weighted by Crippen LogP contribution is 2.61. The molecule has 4 fully saturated rings. The number of carbonyl (C=O) groups is 1. The molecule has 2 heteroatoms. The van der Waals surface area contributed by atoms with Crippen molar-refractivity contribution >= 4 is 5.91 Å². The fourth-order valence-electron chi connectivity index (χ4n) is 6.94. The summed E-state index contributed by atoms with van der Waals surface area (Å²) in [5, 5.41) is 3.32. The van der Waals surface area contributed by atoms with Gasteiger partial charge in [0.25, 0.3) is 0 Å². The highest BCUT2D eigenvalue weighted by molar-refractivity contribution is 5.87. The zero-order chi connectivity index (χ0) is 19.0. The van der Waals surface area contributed by atoms with Crippen molar-refractivity contribution < 1.29 is 4.79 Å². The molecular formula is C26H31NO. The van der Waals surface area contributed by atoms with Gasteiger partial charge in [0.15, 0.2) is 0 Å². The van der Waals surface area contributed by atoms with E-state index in [9.17, 15) is 4.79 Å². The van der Waals surface area contributed by atoms with E-state index in [-0.39, 0.29) is 11.8 Å². The second-order valence-electron chi connectivity index (χ2n) is 9.71. The molecule has 2 aromatic rings. The average molecular weight is 374 g/mol. The number of nitrogens with one attached hydrogen (secondary N) is 1. The maximum absolute atomic E-state index is 13.2. The molecule has 1 N–H and O–H groups in total. The summed E-state index contributed by atoms with van der Waals surface area (Å²) in [7, 11) is 0. The number of carbonyl (C=O) groups excluding carboxylic acids is 1. The Morgan fingerprint density at radius 1 is 0.821 bits per heavy atom. The maximum Gasteiger partial charge on any atom is 0.232 e. The summed E-state index contributed by atoms with van der Waals surface area (Å²) < 4.78 is 0. The van der Waals surface area contributed by atoms with Gasteiger partial charge in [0, 0.05) is 6.54 Å². The third-order valence-electron chi connectivity index (χ3n) is 7.65. The highest BCUT2D eigenvalue weighted by atomic mass is 16.1. The van der Waals surface area contributed by atoms with Crippen LogP contribution in [-0.2, 0) is 4.79 Å². The fraction of sp³-hybridized carbons (Fsp3) is 0.500. The molecule has 2 aromatic carbocycles. The topological polar surface area (TPSA) is 29.1 Å². The third-order valence-corrected chi connectivity index (χ3v) is 7.65. The molecule has 28 heavy (non-hydrogen) atoms. The smallest absolute Gasteiger partial charge is 0.232 e. The second kappa shape index (κ2) is 7.39. The lowest BCUT2D eigenvalue weighted by atomic mass is 9.49. The molecule has 0 aromatic heterocycles. The van der Waals surface area contributed by atoms with Gasteiger partial charge in [0.05, 0.1) is 5.92 Å². The predicted octanol–water partition coefficient (Wildman–Crippen LogP) is 5.54. The van der Waals surface area contributed by atoms with Crippen LogP contribution in [0.4, 0.5) is 0 Å². The average Bonchev–Trinajstić information content (AvgIpc) is 2.69. The fourth-order valence-corrected chi connectivity index (χ4v) is 6.94. The lowest BCUT2D eigenvalue weighted by molar-refractivity contribution is -0.122. The van der Waals surface area contributed by atoms with Gasteiger partial charge in [-0.25, -0.2) is 0 Å². The van der Waals surface area contributed by atoms with Crippen molar-refractivity contribution in [3.05, 3.63) is 71.8 Å². The molecule has 0 saturated heterocycles. The van der Waals surface area contributed by atoms with E-state index in [0.29, 0.717) is 5.41 Å². The summed E-state index contributed by atoms with van der Waals surface area (Å²) in [5.41, 5.74) is 2.67. The summed E-state index contributed by atoms with van der Waals surface area (Å²) in [6.07, 6.45) is 9.85. The van der Waals surface area contributed by atoms with Gasteiger partial charge in [-0.1, -0.05) is 60.7 Å². The van der Waals surface area contributed by atoms with E-state index < -0.39 is 0 Å². The molecule has 0 radical (unpaired) electrons. The van der Waals surface area contributed by atoms with Gasteiger partial charge in [-0.15, -0.1) is 0 Å². The molecule has 1 amide bonds. The van der Waals surface area contributed by atoms with Gasteiger partial charge < -0.3 is 5.32 Å². The van der Waals surface area contributed by atoms with Crippen molar-refractivity contribution in [2.45, 2.75) is 50.9 Å². The van der Waals surface area contributed by atoms with Crippen molar-refractivity contribution in [2.24, 2.45) is 23.2 Å². The first-order valence-electron chi connectivity index (χ1n) is 11.1. The Kier molecular flexibility index (Phi) is 4.74. The zero-order valence-corrected chi connectivity index (χ0v) is 16.6. The van der Waals surface area contributed by atoms with Crippen molar-refractivity contribution in [2.75, 3.05) is 6.54 Å². The van der Waals surface area contributed by atoms with Gasteiger partial charge in [0.2, 0.25) is 5.91 Å². The number of amides is 1. The van der Waals surface area contributed by atoms with E-state index in [1.54, 1.807) is 0 Å². The molecule has 4 bridgehead atoms. The summed E-state index contributed by atoms with van der Waals surface area (Å²) in [6, 6.07) is 20.4. The molecule has 0 heterocycles. The molecule has 146 valence electrons. The van der Waals surface area contributed by atoms with E-state index in [4.69, 9.17) is 0 Å². The Balaban J connectivity index is 1.27. The first kappa shape index (κ1) is 18.0. The highest BCUT2D eigenvalue weighted by Gasteiger charge is 2.50. The molecule has 2 nitrogen and oxygen atoms in total. The van der Waals surface area contributed by atoms with Gasteiger partial charge >= 0.3 is 0 Å². The molecule has 4 aliphatic carbocycles. The van der Waals surface area contributed by atoms with Crippen molar-refractivity contribution in [3.8, 4) is 0 Å². The molecule has 0 spiro atoms. The van der Waals surface area contributed by atoms with Crippen LogP contribution in [0.1, 0.15) is 62.0 Å². The van der Waals surface area contributed by atoms with E-state index in [0.717, 1.165) is 35.4 Å². The molecule has 4 aliphatic rings. The minimum atomic E-state index is -0.223. The quantitative estimate of drug-likeness (QED) is 0.707. The van der Waals surface area contributed by atoms with Crippen molar-refractivity contribution in [3.63, 3.8) is 0 Å². The number of hydrogen-bond acceptors (Lipinski definition) is 1. The summed E-state index contributed by atoms with van der Waals surface area (Å²) in [5.74, 6) is 2.84. The summed E-state index contributed by atoms with van der Waals surface area (Å²) in [6.45, 7) is 0.821. The summed E-state index contributed by atoms with van der Waals surface area (Å²) >= 11 is 0. The Morgan fingerprint density at radius 3 is 1.75 bits per heavy atom. The Labute approximate surface area is 168 Å². The Bertz CT molecular complexity index is 738. The molecule has 6 rings (SSSR count). The van der Waals surface area contributed by atoms with Crippen LogP contribution in [0, 0.1) is 23.2 Å². The van der Waals surface area contributed by atoms with E-state index in [2.05, 4.69) is 29.6 Å². The summed E-state index contributed by atoms with van der Waals surface area (Å²) in [4.78, 5) is 13.2. The number of rotatable bonds is 6. The van der Waals surface area contributed by atoms with Crippen LogP contribution in [0.2, 0.25) is 0 Å². The molecule has 0 atom stereocenters. The molecule has 0 unspecified atom stereocenters. The molecule has 4 saturated carbocycles. The Hall–Kier alpha value is -2.09. The van der Waals surface area contributed by atoms with Crippen molar-refractivity contribution in [1.29, 1.82) is 0 Å². The van der Waals surface area contributed by atoms with Crippen LogP contribution in [0.15, 0.2) is 60.7 Å². The third kappa shape index (κ3) is 3.50. The van der Waals surface area contributed by atoms with Gasteiger partial charge in [-0.3, -0.25) is 4.79 Å². The lowest BCUT2D eigenvalue weighted by Crippen LogP contribution is -2.47. The predicted molar refractivity (Wildman–Crippen MR) is 113 cm³/mol. The van der Waals surface area contributed by atoms with Gasteiger partial charge in [0.1, 0.15) is 0 Å². The van der Waals surface area contributed by atoms with Gasteiger partial charge in [-0.2, -0.15) is 0 Å².